The summed E-state index contributed by atoms with van der Waals surface area (Å²) < 4.78 is 0. The molecule has 20 heavy (non-hydrogen) atoms. The number of benzene rings is 1. The number of aliphatic hydroxyl groups excluding tert-OH is 1. The fourth-order valence-electron chi connectivity index (χ4n) is 2.54. The maximum Gasteiger partial charge on any atom is 0.220 e. The van der Waals surface area contributed by atoms with Crippen LogP contribution in [0.4, 0.5) is 0 Å². The van der Waals surface area contributed by atoms with Crippen molar-refractivity contribution in [1.29, 1.82) is 0 Å². The van der Waals surface area contributed by atoms with Crippen LogP contribution >= 0.6 is 0 Å². The summed E-state index contributed by atoms with van der Waals surface area (Å²) in [5.74, 6) is 0.481. The Labute approximate surface area is 122 Å². The second-order valence-electron chi connectivity index (χ2n) is 6.83. The van der Waals surface area contributed by atoms with Crippen molar-refractivity contribution in [2.24, 2.45) is 11.3 Å². The molecule has 0 aromatic heterocycles. The molecule has 112 valence electrons. The molecule has 0 saturated carbocycles. The molecule has 1 amide bonds. The second kappa shape index (κ2) is 7.44. The Hall–Kier alpha value is -1.35. The molecule has 0 radical (unpaired) electrons. The first-order chi connectivity index (χ1) is 9.30. The molecule has 3 heteroatoms. The summed E-state index contributed by atoms with van der Waals surface area (Å²) in [6.07, 6.45) is 1.61. The molecule has 0 saturated heterocycles. The van der Waals surface area contributed by atoms with E-state index in [0.29, 0.717) is 18.9 Å². The third-order valence-corrected chi connectivity index (χ3v) is 3.16. The summed E-state index contributed by atoms with van der Waals surface area (Å²) in [6.45, 7) is 9.27. The van der Waals surface area contributed by atoms with Crippen LogP contribution in [0.1, 0.15) is 51.7 Å². The van der Waals surface area contributed by atoms with Crippen molar-refractivity contribution in [3.05, 3.63) is 35.4 Å². The Morgan fingerprint density at radius 2 is 1.95 bits per heavy atom. The molecular weight excluding hydrogens is 250 g/mol. The predicted molar refractivity (Wildman–Crippen MR) is 82.1 cm³/mol. The van der Waals surface area contributed by atoms with Gasteiger partial charge in [-0.3, -0.25) is 4.79 Å². The lowest BCUT2D eigenvalue weighted by atomic mass is 9.84. The summed E-state index contributed by atoms with van der Waals surface area (Å²) in [6, 6.07) is 7.64. The molecular formula is C17H27NO2. The second-order valence-corrected chi connectivity index (χ2v) is 6.83. The minimum atomic E-state index is 0.0321. The van der Waals surface area contributed by atoms with Crippen molar-refractivity contribution in [1.82, 2.24) is 5.32 Å². The van der Waals surface area contributed by atoms with Crippen LogP contribution in [0, 0.1) is 11.3 Å². The zero-order chi connectivity index (χ0) is 15.2. The van der Waals surface area contributed by atoms with Crippen LogP contribution < -0.4 is 5.32 Å². The Kier molecular flexibility index (Phi) is 6.21. The normalized spacial score (nSPS) is 13.1. The molecule has 0 aliphatic carbocycles. The van der Waals surface area contributed by atoms with Gasteiger partial charge in [-0.2, -0.15) is 0 Å². The monoisotopic (exact) mass is 277 g/mol. The van der Waals surface area contributed by atoms with Crippen LogP contribution in [0.25, 0.3) is 0 Å². The molecule has 0 aliphatic heterocycles. The number of amides is 1. The summed E-state index contributed by atoms with van der Waals surface area (Å²) in [5, 5.41) is 12.0. The van der Waals surface area contributed by atoms with Gasteiger partial charge in [-0.05, 0) is 28.9 Å². The summed E-state index contributed by atoms with van der Waals surface area (Å²) in [4.78, 5) is 11.9. The smallest absolute Gasteiger partial charge is 0.220 e. The van der Waals surface area contributed by atoms with E-state index in [0.717, 1.165) is 17.5 Å². The van der Waals surface area contributed by atoms with Crippen LogP contribution in [0.3, 0.4) is 0 Å². The van der Waals surface area contributed by atoms with E-state index in [2.05, 4.69) is 33.0 Å². The zero-order valence-corrected chi connectivity index (χ0v) is 13.1. The fraction of sp³-hybridized carbons (Fsp3) is 0.588. The van der Waals surface area contributed by atoms with E-state index in [4.69, 9.17) is 5.11 Å². The van der Waals surface area contributed by atoms with Crippen LogP contribution in [0.2, 0.25) is 0 Å². The topological polar surface area (TPSA) is 49.3 Å². The minimum absolute atomic E-state index is 0.0321. The Bertz CT molecular complexity index is 435. The number of hydrogen-bond acceptors (Lipinski definition) is 2. The van der Waals surface area contributed by atoms with E-state index in [9.17, 15) is 4.79 Å². The standard InChI is InChI=1S/C17H27NO2/c1-13(10-17(2,3)4)8-16(20)18-11-14-6-5-7-15(9-14)12-19/h5-7,9,13,19H,8,10-12H2,1-4H3,(H,18,20). The zero-order valence-electron chi connectivity index (χ0n) is 13.1. The molecule has 0 aliphatic rings. The van der Waals surface area contributed by atoms with Gasteiger partial charge in [0.15, 0.2) is 0 Å². The van der Waals surface area contributed by atoms with Crippen molar-refractivity contribution in [3.8, 4) is 0 Å². The molecule has 1 rings (SSSR count). The van der Waals surface area contributed by atoms with Gasteiger partial charge < -0.3 is 10.4 Å². The molecule has 0 bridgehead atoms. The third kappa shape index (κ3) is 6.71. The Morgan fingerprint density at radius 1 is 1.30 bits per heavy atom. The molecule has 3 nitrogen and oxygen atoms in total. The molecule has 1 atom stereocenters. The first-order valence-electron chi connectivity index (χ1n) is 7.25. The van der Waals surface area contributed by atoms with E-state index in [-0.39, 0.29) is 17.9 Å². The van der Waals surface area contributed by atoms with Gasteiger partial charge in [0, 0.05) is 13.0 Å². The van der Waals surface area contributed by atoms with Gasteiger partial charge in [0.25, 0.3) is 0 Å². The maximum absolute atomic E-state index is 11.9. The van der Waals surface area contributed by atoms with E-state index in [1.165, 1.54) is 0 Å². The largest absolute Gasteiger partial charge is 0.392 e. The van der Waals surface area contributed by atoms with E-state index in [1.807, 2.05) is 24.3 Å². The average molecular weight is 277 g/mol. The molecule has 1 unspecified atom stereocenters. The number of rotatable bonds is 6. The maximum atomic E-state index is 11.9. The van der Waals surface area contributed by atoms with Gasteiger partial charge >= 0.3 is 0 Å². The molecule has 1 aromatic rings. The van der Waals surface area contributed by atoms with Gasteiger partial charge in [-0.15, -0.1) is 0 Å². The highest BCUT2D eigenvalue weighted by Gasteiger charge is 2.17. The van der Waals surface area contributed by atoms with Crippen molar-refractivity contribution in [2.75, 3.05) is 0 Å². The first-order valence-corrected chi connectivity index (χ1v) is 7.25. The quantitative estimate of drug-likeness (QED) is 0.838. The predicted octanol–water partition coefficient (Wildman–Crippen LogP) is 3.26. The van der Waals surface area contributed by atoms with Crippen LogP contribution in [-0.4, -0.2) is 11.0 Å². The van der Waals surface area contributed by atoms with Crippen molar-refractivity contribution >= 4 is 5.91 Å². The molecule has 1 aromatic carbocycles. The number of aliphatic hydroxyl groups is 1. The van der Waals surface area contributed by atoms with Crippen LogP contribution in [-0.2, 0) is 17.9 Å². The summed E-state index contributed by atoms with van der Waals surface area (Å²) in [5.41, 5.74) is 2.15. The van der Waals surface area contributed by atoms with Crippen LogP contribution in [0.5, 0.6) is 0 Å². The Morgan fingerprint density at radius 3 is 2.55 bits per heavy atom. The minimum Gasteiger partial charge on any atom is -0.392 e. The highest BCUT2D eigenvalue weighted by molar-refractivity contribution is 5.76. The van der Waals surface area contributed by atoms with E-state index < -0.39 is 0 Å². The van der Waals surface area contributed by atoms with Gasteiger partial charge in [0.1, 0.15) is 0 Å². The third-order valence-electron chi connectivity index (χ3n) is 3.16. The van der Waals surface area contributed by atoms with Gasteiger partial charge in [0.2, 0.25) is 5.91 Å². The lowest BCUT2D eigenvalue weighted by molar-refractivity contribution is -0.122. The molecule has 0 heterocycles. The lowest BCUT2D eigenvalue weighted by Gasteiger charge is -2.22. The summed E-state index contributed by atoms with van der Waals surface area (Å²) >= 11 is 0. The van der Waals surface area contributed by atoms with Crippen molar-refractivity contribution in [3.63, 3.8) is 0 Å². The van der Waals surface area contributed by atoms with Gasteiger partial charge in [-0.25, -0.2) is 0 Å². The van der Waals surface area contributed by atoms with Crippen molar-refractivity contribution in [2.45, 2.75) is 53.7 Å². The first kappa shape index (κ1) is 16.7. The SMILES string of the molecule is CC(CC(=O)NCc1cccc(CO)c1)CC(C)(C)C. The van der Waals surface area contributed by atoms with Crippen molar-refractivity contribution < 1.29 is 9.90 Å². The molecule has 2 N–H and O–H groups in total. The highest BCUT2D eigenvalue weighted by Crippen LogP contribution is 2.25. The highest BCUT2D eigenvalue weighted by atomic mass is 16.3. The van der Waals surface area contributed by atoms with Gasteiger partial charge in [-0.1, -0.05) is 52.0 Å². The average Bonchev–Trinajstić information content (AvgIpc) is 2.34. The number of carbonyl (C=O) groups is 1. The summed E-state index contributed by atoms with van der Waals surface area (Å²) in [7, 11) is 0. The lowest BCUT2D eigenvalue weighted by Crippen LogP contribution is -2.25. The van der Waals surface area contributed by atoms with Gasteiger partial charge in [0.05, 0.1) is 6.61 Å². The number of hydrogen-bond donors (Lipinski definition) is 2. The van der Waals surface area contributed by atoms with E-state index >= 15 is 0 Å². The fourth-order valence-corrected chi connectivity index (χ4v) is 2.54. The number of nitrogens with one attached hydrogen (secondary N) is 1. The number of carbonyl (C=O) groups excluding carboxylic acids is 1. The molecule has 0 fully saturated rings. The Balaban J connectivity index is 2.39. The molecule has 0 spiro atoms. The van der Waals surface area contributed by atoms with Crippen LogP contribution in [0.15, 0.2) is 24.3 Å². The van der Waals surface area contributed by atoms with E-state index in [1.54, 1.807) is 0 Å².